The highest BCUT2D eigenvalue weighted by Crippen LogP contribution is 2.37. The van der Waals surface area contributed by atoms with Crippen molar-refractivity contribution in [3.63, 3.8) is 0 Å². The number of para-hydroxylation sites is 1. The number of amides is 1. The van der Waals surface area contributed by atoms with Crippen LogP contribution in [0.5, 0.6) is 11.5 Å². The van der Waals surface area contributed by atoms with Gasteiger partial charge in [0.15, 0.2) is 11.5 Å². The van der Waals surface area contributed by atoms with Crippen LogP contribution in [0.3, 0.4) is 0 Å². The van der Waals surface area contributed by atoms with Gasteiger partial charge in [-0.2, -0.15) is 0 Å². The molecule has 0 unspecified atom stereocenters. The summed E-state index contributed by atoms with van der Waals surface area (Å²) < 4.78 is 16.2. The molecule has 0 fully saturated rings. The summed E-state index contributed by atoms with van der Waals surface area (Å²) in [5.41, 5.74) is 1.48. The zero-order valence-electron chi connectivity index (χ0n) is 11.4. The van der Waals surface area contributed by atoms with Crippen molar-refractivity contribution in [1.29, 1.82) is 0 Å². The molecule has 2 aromatic rings. The number of nitrogens with one attached hydrogen (secondary N) is 1. The number of fused-ring (bicyclic) bond motifs is 1. The van der Waals surface area contributed by atoms with Crippen LogP contribution in [0.4, 0.5) is 10.5 Å². The fraction of sp³-hybridized carbons (Fsp3) is 0.188. The van der Waals surface area contributed by atoms with Crippen LogP contribution in [0.15, 0.2) is 48.5 Å². The Morgan fingerprint density at radius 3 is 2.71 bits per heavy atom. The summed E-state index contributed by atoms with van der Waals surface area (Å²) in [5.74, 6) is 1.17. The molecule has 1 N–H and O–H groups in total. The van der Waals surface area contributed by atoms with Crippen molar-refractivity contribution < 1.29 is 19.0 Å². The molecule has 0 atom stereocenters. The lowest BCUT2D eigenvalue weighted by molar-refractivity contribution is 0.154. The monoisotopic (exact) mass is 285 g/mol. The molecule has 0 saturated carbocycles. The van der Waals surface area contributed by atoms with Gasteiger partial charge in [-0.05, 0) is 17.7 Å². The molecule has 2 aromatic carbocycles. The molecule has 21 heavy (non-hydrogen) atoms. The highest BCUT2D eigenvalue weighted by Gasteiger charge is 2.17. The third kappa shape index (κ3) is 3.25. The van der Waals surface area contributed by atoms with E-state index in [1.54, 1.807) is 18.2 Å². The van der Waals surface area contributed by atoms with Crippen molar-refractivity contribution >= 4 is 11.8 Å². The third-order valence-corrected chi connectivity index (χ3v) is 3.02. The second-order valence-electron chi connectivity index (χ2n) is 4.52. The minimum absolute atomic E-state index is 0.221. The van der Waals surface area contributed by atoms with Gasteiger partial charge < -0.3 is 14.2 Å². The second-order valence-corrected chi connectivity index (χ2v) is 4.52. The van der Waals surface area contributed by atoms with Gasteiger partial charge in [0.25, 0.3) is 0 Å². The van der Waals surface area contributed by atoms with E-state index in [0.717, 1.165) is 5.56 Å². The van der Waals surface area contributed by atoms with Gasteiger partial charge in [0.05, 0.1) is 5.69 Å². The van der Waals surface area contributed by atoms with Crippen molar-refractivity contribution in [2.75, 3.05) is 18.5 Å². The van der Waals surface area contributed by atoms with E-state index in [4.69, 9.17) is 14.2 Å². The summed E-state index contributed by atoms with van der Waals surface area (Å²) in [4.78, 5) is 11.8. The van der Waals surface area contributed by atoms with Gasteiger partial charge in [0.2, 0.25) is 0 Å². The van der Waals surface area contributed by atoms with Crippen molar-refractivity contribution in [1.82, 2.24) is 0 Å². The van der Waals surface area contributed by atoms with Crippen LogP contribution >= 0.6 is 0 Å². The van der Waals surface area contributed by atoms with E-state index in [1.165, 1.54) is 0 Å². The minimum atomic E-state index is -0.526. The van der Waals surface area contributed by atoms with E-state index >= 15 is 0 Å². The Hall–Kier alpha value is -2.69. The van der Waals surface area contributed by atoms with E-state index < -0.39 is 6.09 Å². The van der Waals surface area contributed by atoms with E-state index in [0.29, 0.717) is 30.4 Å². The molecule has 108 valence electrons. The summed E-state index contributed by atoms with van der Waals surface area (Å²) >= 11 is 0. The fourth-order valence-corrected chi connectivity index (χ4v) is 2.04. The van der Waals surface area contributed by atoms with Gasteiger partial charge in [-0.1, -0.05) is 36.4 Å². The molecular weight excluding hydrogens is 270 g/mol. The van der Waals surface area contributed by atoms with E-state index in [-0.39, 0.29) is 6.61 Å². The number of rotatable bonds is 3. The predicted molar refractivity (Wildman–Crippen MR) is 77.7 cm³/mol. The topological polar surface area (TPSA) is 56.8 Å². The molecule has 0 aliphatic carbocycles. The quantitative estimate of drug-likeness (QED) is 0.940. The van der Waals surface area contributed by atoms with Crippen molar-refractivity contribution in [3.8, 4) is 11.5 Å². The molecule has 0 bridgehead atoms. The summed E-state index contributed by atoms with van der Waals surface area (Å²) in [7, 11) is 0. The van der Waals surface area contributed by atoms with Crippen LogP contribution in [0, 0.1) is 0 Å². The van der Waals surface area contributed by atoms with Crippen LogP contribution in [-0.4, -0.2) is 19.3 Å². The standard InChI is InChI=1S/C16H15NO4/c18-16(21-11-12-5-2-1-3-6-12)17-13-7-4-8-14-15(13)20-10-9-19-14/h1-8H,9-11H2,(H,17,18). The minimum Gasteiger partial charge on any atom is -0.486 e. The average Bonchev–Trinajstić information content (AvgIpc) is 2.54. The Morgan fingerprint density at radius 2 is 1.86 bits per heavy atom. The first-order valence-electron chi connectivity index (χ1n) is 6.69. The van der Waals surface area contributed by atoms with Gasteiger partial charge in [0.1, 0.15) is 19.8 Å². The van der Waals surface area contributed by atoms with Crippen molar-refractivity contribution in [2.45, 2.75) is 6.61 Å². The Bertz CT molecular complexity index is 627. The zero-order chi connectivity index (χ0) is 14.5. The number of anilines is 1. The molecule has 5 heteroatoms. The number of carbonyl (C=O) groups is 1. The number of carbonyl (C=O) groups excluding carboxylic acids is 1. The molecule has 5 nitrogen and oxygen atoms in total. The molecule has 1 aliphatic rings. The van der Waals surface area contributed by atoms with Crippen LogP contribution in [0.1, 0.15) is 5.56 Å². The van der Waals surface area contributed by atoms with Crippen LogP contribution in [-0.2, 0) is 11.3 Å². The Morgan fingerprint density at radius 1 is 1.05 bits per heavy atom. The molecule has 0 aromatic heterocycles. The van der Waals surface area contributed by atoms with E-state index in [9.17, 15) is 4.79 Å². The van der Waals surface area contributed by atoms with Gasteiger partial charge in [-0.3, -0.25) is 5.32 Å². The van der Waals surface area contributed by atoms with Crippen molar-refractivity contribution in [2.24, 2.45) is 0 Å². The lowest BCUT2D eigenvalue weighted by Crippen LogP contribution is -2.19. The number of hydrogen-bond acceptors (Lipinski definition) is 4. The molecule has 0 saturated heterocycles. The summed E-state index contributed by atoms with van der Waals surface area (Å²) in [5, 5.41) is 2.67. The zero-order valence-corrected chi connectivity index (χ0v) is 11.4. The first-order chi connectivity index (χ1) is 10.3. The number of hydrogen-bond donors (Lipinski definition) is 1. The maximum atomic E-state index is 11.8. The summed E-state index contributed by atoms with van der Waals surface area (Å²) in [6, 6.07) is 14.8. The Balaban J connectivity index is 1.63. The Labute approximate surface area is 122 Å². The second kappa shape index (κ2) is 6.17. The first-order valence-corrected chi connectivity index (χ1v) is 6.69. The molecule has 0 spiro atoms. The number of benzene rings is 2. The maximum Gasteiger partial charge on any atom is 0.412 e. The fourth-order valence-electron chi connectivity index (χ4n) is 2.04. The molecule has 1 heterocycles. The number of ether oxygens (including phenoxy) is 3. The predicted octanol–water partition coefficient (Wildman–Crippen LogP) is 3.21. The van der Waals surface area contributed by atoms with Gasteiger partial charge >= 0.3 is 6.09 Å². The highest BCUT2D eigenvalue weighted by atomic mass is 16.6. The van der Waals surface area contributed by atoms with Crippen molar-refractivity contribution in [3.05, 3.63) is 54.1 Å². The third-order valence-electron chi connectivity index (χ3n) is 3.02. The normalized spacial score (nSPS) is 12.6. The van der Waals surface area contributed by atoms with Crippen LogP contribution in [0.25, 0.3) is 0 Å². The lowest BCUT2D eigenvalue weighted by Gasteiger charge is -2.20. The largest absolute Gasteiger partial charge is 0.486 e. The molecule has 3 rings (SSSR count). The molecule has 0 radical (unpaired) electrons. The maximum absolute atomic E-state index is 11.8. The highest BCUT2D eigenvalue weighted by molar-refractivity contribution is 5.87. The van der Waals surface area contributed by atoms with Gasteiger partial charge in [-0.25, -0.2) is 4.79 Å². The summed E-state index contributed by atoms with van der Waals surface area (Å²) in [6.45, 7) is 1.19. The van der Waals surface area contributed by atoms with Crippen LogP contribution in [0.2, 0.25) is 0 Å². The van der Waals surface area contributed by atoms with E-state index in [2.05, 4.69) is 5.32 Å². The molecule has 1 amide bonds. The van der Waals surface area contributed by atoms with Gasteiger partial charge in [0, 0.05) is 0 Å². The summed E-state index contributed by atoms with van der Waals surface area (Å²) in [6.07, 6.45) is -0.526. The van der Waals surface area contributed by atoms with Crippen LogP contribution < -0.4 is 14.8 Å². The molecular formula is C16H15NO4. The smallest absolute Gasteiger partial charge is 0.412 e. The average molecular weight is 285 g/mol. The SMILES string of the molecule is O=C(Nc1cccc2c1OCCO2)OCc1ccccc1. The molecule has 1 aliphatic heterocycles. The van der Waals surface area contributed by atoms with E-state index in [1.807, 2.05) is 30.3 Å². The Kier molecular flexibility index (Phi) is 3.91. The lowest BCUT2D eigenvalue weighted by atomic mass is 10.2. The first kappa shape index (κ1) is 13.3. The van der Waals surface area contributed by atoms with Gasteiger partial charge in [-0.15, -0.1) is 0 Å².